The van der Waals surface area contributed by atoms with Crippen LogP contribution in [0.1, 0.15) is 5.69 Å². The van der Waals surface area contributed by atoms with Crippen molar-refractivity contribution >= 4 is 61.5 Å². The van der Waals surface area contributed by atoms with Gasteiger partial charge in [-0.15, -0.1) is 0 Å². The normalized spacial score (nSPS) is 13.8. The van der Waals surface area contributed by atoms with E-state index in [0.29, 0.717) is 40.8 Å². The number of anilines is 2. The molecule has 0 bridgehead atoms. The Hall–Kier alpha value is -3.61. The molecule has 35 heavy (non-hydrogen) atoms. The van der Waals surface area contributed by atoms with E-state index in [1.807, 2.05) is 36.4 Å². The maximum absolute atomic E-state index is 11.0. The minimum absolute atomic E-state index is 0.370. The fourth-order valence-corrected chi connectivity index (χ4v) is 4.72. The Balaban J connectivity index is 1.40. The van der Waals surface area contributed by atoms with Gasteiger partial charge in [-0.1, -0.05) is 18.2 Å². The molecule has 1 aliphatic rings. The van der Waals surface area contributed by atoms with E-state index in [1.54, 1.807) is 0 Å². The fourth-order valence-electron chi connectivity index (χ4n) is 3.43. The highest BCUT2D eigenvalue weighted by atomic mass is 79.9. The van der Waals surface area contributed by atoms with Crippen molar-refractivity contribution in [3.8, 4) is 22.6 Å². The summed E-state index contributed by atoms with van der Waals surface area (Å²) in [7, 11) is 0. The summed E-state index contributed by atoms with van der Waals surface area (Å²) in [6.07, 6.45) is 2.75. The molecule has 2 aromatic carbocycles. The predicted octanol–water partition coefficient (Wildman–Crippen LogP) is 3.90. The zero-order chi connectivity index (χ0) is 24.4. The number of rotatable bonds is 7. The van der Waals surface area contributed by atoms with Gasteiger partial charge in [-0.05, 0) is 56.8 Å². The first-order valence-corrected chi connectivity index (χ1v) is 12.0. The number of carboxylic acids is 1. The molecule has 0 saturated carbocycles. The maximum atomic E-state index is 11.0. The number of aromatic nitrogens is 3. The average molecular weight is 556 g/mol. The number of nitrogens with zero attached hydrogens (tertiary/aromatic N) is 4. The van der Waals surface area contributed by atoms with Gasteiger partial charge in [0.2, 0.25) is 0 Å². The number of aliphatic hydroxyl groups excluding tert-OH is 1. The van der Waals surface area contributed by atoms with Crippen molar-refractivity contribution in [1.82, 2.24) is 14.3 Å². The number of halogens is 1. The molecule has 3 heterocycles. The van der Waals surface area contributed by atoms with Crippen LogP contribution in [0.3, 0.4) is 0 Å². The van der Waals surface area contributed by atoms with Crippen LogP contribution in [0.2, 0.25) is 0 Å². The lowest BCUT2D eigenvalue weighted by molar-refractivity contribution is -0.139. The third kappa shape index (κ3) is 4.81. The molecule has 5 rings (SSSR count). The van der Waals surface area contributed by atoms with E-state index in [1.165, 1.54) is 12.4 Å². The largest absolute Gasteiger partial charge is 0.486 e. The number of hydrogen-bond donors (Lipinski definition) is 3. The molecule has 0 unspecified atom stereocenters. The fraction of sp³-hybridized carbons (Fsp3) is 0.174. The average Bonchev–Trinajstić information content (AvgIpc) is 3.27. The SMILES string of the molecule is O=C(O)[C@@H](CO)N=Cc1cnc2c(Nc3cccc(-c4ccc5c(c4)OCCO5)c3Br)nsc2n1. The lowest BCUT2D eigenvalue weighted by Crippen LogP contribution is -2.22. The molecule has 4 aromatic rings. The van der Waals surface area contributed by atoms with Crippen LogP contribution < -0.4 is 14.8 Å². The Labute approximate surface area is 211 Å². The third-order valence-corrected chi connectivity index (χ3v) is 6.74. The summed E-state index contributed by atoms with van der Waals surface area (Å²) in [5, 5.41) is 21.4. The van der Waals surface area contributed by atoms with Gasteiger partial charge in [0, 0.05) is 10.7 Å². The number of aliphatic imine (C=N–C) groups is 1. The van der Waals surface area contributed by atoms with Gasteiger partial charge in [-0.3, -0.25) is 4.99 Å². The third-order valence-electron chi connectivity index (χ3n) is 5.16. The van der Waals surface area contributed by atoms with E-state index in [9.17, 15) is 4.79 Å². The van der Waals surface area contributed by atoms with Gasteiger partial charge in [0.1, 0.15) is 24.4 Å². The second-order valence-electron chi connectivity index (χ2n) is 7.45. The Morgan fingerprint density at radius 3 is 2.89 bits per heavy atom. The van der Waals surface area contributed by atoms with Gasteiger partial charge >= 0.3 is 5.97 Å². The molecule has 178 valence electrons. The summed E-state index contributed by atoms with van der Waals surface area (Å²) < 4.78 is 16.6. The van der Waals surface area contributed by atoms with Gasteiger partial charge in [-0.25, -0.2) is 14.8 Å². The van der Waals surface area contributed by atoms with Crippen LogP contribution >= 0.6 is 27.5 Å². The predicted molar refractivity (Wildman–Crippen MR) is 135 cm³/mol. The maximum Gasteiger partial charge on any atom is 0.330 e. The van der Waals surface area contributed by atoms with E-state index >= 15 is 0 Å². The first-order valence-electron chi connectivity index (χ1n) is 10.5. The summed E-state index contributed by atoms with van der Waals surface area (Å²) >= 11 is 4.86. The molecule has 0 spiro atoms. The molecule has 0 fully saturated rings. The van der Waals surface area contributed by atoms with Crippen LogP contribution in [0, 0.1) is 0 Å². The molecular formula is C23H18BrN5O5S. The summed E-state index contributed by atoms with van der Waals surface area (Å²) in [6, 6.07) is 10.5. The second-order valence-corrected chi connectivity index (χ2v) is 8.99. The Bertz CT molecular complexity index is 1440. The van der Waals surface area contributed by atoms with Crippen molar-refractivity contribution in [2.45, 2.75) is 6.04 Å². The Morgan fingerprint density at radius 1 is 1.26 bits per heavy atom. The number of fused-ring (bicyclic) bond motifs is 2. The molecule has 3 N–H and O–H groups in total. The Morgan fingerprint density at radius 2 is 2.09 bits per heavy atom. The summed E-state index contributed by atoms with van der Waals surface area (Å²) in [5.74, 6) is 0.774. The molecule has 0 aliphatic carbocycles. The smallest absolute Gasteiger partial charge is 0.330 e. The first-order chi connectivity index (χ1) is 17.0. The molecule has 0 saturated heterocycles. The van der Waals surface area contributed by atoms with Crippen molar-refractivity contribution in [3.05, 3.63) is 52.8 Å². The minimum atomic E-state index is -1.25. The number of benzene rings is 2. The molecule has 10 nitrogen and oxygen atoms in total. The van der Waals surface area contributed by atoms with E-state index in [-0.39, 0.29) is 0 Å². The number of hydrogen-bond acceptors (Lipinski definition) is 10. The van der Waals surface area contributed by atoms with Gasteiger partial charge in [0.05, 0.1) is 18.5 Å². The zero-order valence-electron chi connectivity index (χ0n) is 18.0. The quantitative estimate of drug-likeness (QED) is 0.289. The van der Waals surface area contributed by atoms with Crippen molar-refractivity contribution in [2.24, 2.45) is 4.99 Å². The number of nitrogens with one attached hydrogen (secondary N) is 1. The van der Waals surface area contributed by atoms with Crippen LogP contribution in [-0.4, -0.2) is 62.6 Å². The van der Waals surface area contributed by atoms with Gasteiger partial charge < -0.3 is 25.0 Å². The van der Waals surface area contributed by atoms with E-state index < -0.39 is 18.6 Å². The standard InChI is InChI=1S/C23H18BrN5O5S/c24-19-14(12-4-5-17-18(8-12)34-7-6-33-17)2-1-3-15(19)28-21-20-22(35-29-21)27-13(10-26-20)9-25-16(11-30)23(31)32/h1-5,8-10,16,30H,6-7,11H2,(H,28,29)(H,31,32)/t16-/m1/s1. The van der Waals surface area contributed by atoms with Gasteiger partial charge in [0.15, 0.2) is 28.2 Å². The lowest BCUT2D eigenvalue weighted by atomic mass is 10.0. The number of aliphatic hydroxyl groups is 1. The first kappa shape index (κ1) is 23.1. The number of carbonyl (C=O) groups is 1. The summed E-state index contributed by atoms with van der Waals surface area (Å²) in [5.41, 5.74) is 3.67. The topological polar surface area (TPSA) is 139 Å². The molecule has 0 amide bonds. The molecule has 1 atom stereocenters. The lowest BCUT2D eigenvalue weighted by Gasteiger charge is -2.19. The van der Waals surface area contributed by atoms with Crippen molar-refractivity contribution in [1.29, 1.82) is 0 Å². The van der Waals surface area contributed by atoms with E-state index in [4.69, 9.17) is 19.7 Å². The van der Waals surface area contributed by atoms with Crippen LogP contribution in [0.25, 0.3) is 21.5 Å². The second kappa shape index (κ2) is 9.94. The van der Waals surface area contributed by atoms with E-state index in [2.05, 4.69) is 40.6 Å². The van der Waals surface area contributed by atoms with Crippen LogP contribution in [0.5, 0.6) is 11.5 Å². The molecule has 1 aliphatic heterocycles. The molecule has 0 radical (unpaired) electrons. The summed E-state index contributed by atoms with van der Waals surface area (Å²) in [6.45, 7) is 0.461. The number of carboxylic acid groups (broad SMARTS) is 1. The highest BCUT2D eigenvalue weighted by Crippen LogP contribution is 2.40. The van der Waals surface area contributed by atoms with Crippen LogP contribution in [0.4, 0.5) is 11.5 Å². The molecular weight excluding hydrogens is 538 g/mol. The summed E-state index contributed by atoms with van der Waals surface area (Å²) in [4.78, 5) is 24.2. The van der Waals surface area contributed by atoms with Gasteiger partial charge in [0.25, 0.3) is 0 Å². The van der Waals surface area contributed by atoms with Gasteiger partial charge in [-0.2, -0.15) is 4.37 Å². The van der Waals surface area contributed by atoms with Crippen molar-refractivity contribution in [2.75, 3.05) is 25.1 Å². The van der Waals surface area contributed by atoms with Crippen molar-refractivity contribution < 1.29 is 24.5 Å². The van der Waals surface area contributed by atoms with E-state index in [0.717, 1.165) is 38.6 Å². The molecule has 12 heteroatoms. The highest BCUT2D eigenvalue weighted by Gasteiger charge is 2.17. The Kier molecular flexibility index (Phi) is 6.57. The molecule has 2 aromatic heterocycles. The van der Waals surface area contributed by atoms with Crippen LogP contribution in [-0.2, 0) is 4.79 Å². The van der Waals surface area contributed by atoms with Crippen molar-refractivity contribution in [3.63, 3.8) is 0 Å². The number of aliphatic carboxylic acids is 1. The zero-order valence-corrected chi connectivity index (χ0v) is 20.4. The highest BCUT2D eigenvalue weighted by molar-refractivity contribution is 9.10. The number of ether oxygens (including phenoxy) is 2. The monoisotopic (exact) mass is 555 g/mol. The minimum Gasteiger partial charge on any atom is -0.486 e. The van der Waals surface area contributed by atoms with Crippen LogP contribution in [0.15, 0.2) is 52.1 Å².